The molecule has 2 aromatic carbocycles. The van der Waals surface area contributed by atoms with Crippen LogP contribution in [0.1, 0.15) is 30.9 Å². The van der Waals surface area contributed by atoms with Gasteiger partial charge in [0.05, 0.1) is 0 Å². The van der Waals surface area contributed by atoms with E-state index in [0.717, 1.165) is 18.9 Å². The van der Waals surface area contributed by atoms with E-state index in [1.54, 1.807) is 7.05 Å². The monoisotopic (exact) mass is 380 g/mol. The molecule has 2 rings (SSSR count). The third-order valence-electron chi connectivity index (χ3n) is 4.58. The van der Waals surface area contributed by atoms with E-state index in [9.17, 15) is 4.79 Å². The number of carbonyl (C=O) groups is 1. The van der Waals surface area contributed by atoms with Crippen LogP contribution >= 0.6 is 0 Å². The molecule has 0 aliphatic carbocycles. The number of hydrogen-bond acceptors (Lipinski definition) is 2. The zero-order valence-corrected chi connectivity index (χ0v) is 17.1. The van der Waals surface area contributed by atoms with Crippen LogP contribution in [0.4, 0.5) is 0 Å². The summed E-state index contributed by atoms with van der Waals surface area (Å²) in [5.41, 5.74) is 2.62. The number of benzene rings is 2. The molecule has 0 radical (unpaired) electrons. The average Bonchev–Trinajstić information content (AvgIpc) is 2.73. The van der Waals surface area contributed by atoms with E-state index in [0.29, 0.717) is 19.0 Å². The lowest BCUT2D eigenvalue weighted by atomic mass is 9.92. The molecule has 0 heterocycles. The second-order valence-corrected chi connectivity index (χ2v) is 7.12. The van der Waals surface area contributed by atoms with E-state index in [4.69, 9.17) is 0 Å². The summed E-state index contributed by atoms with van der Waals surface area (Å²) in [7, 11) is 1.76. The van der Waals surface area contributed by atoms with Crippen molar-refractivity contribution in [2.75, 3.05) is 26.7 Å². The summed E-state index contributed by atoms with van der Waals surface area (Å²) < 4.78 is 0. The summed E-state index contributed by atoms with van der Waals surface area (Å²) in [5.74, 6) is 1.15. The highest BCUT2D eigenvalue weighted by atomic mass is 16.1. The first-order chi connectivity index (χ1) is 13.6. The van der Waals surface area contributed by atoms with Crippen LogP contribution in [-0.2, 0) is 11.2 Å². The minimum Gasteiger partial charge on any atom is -0.356 e. The molecule has 0 aromatic heterocycles. The van der Waals surface area contributed by atoms with Crippen LogP contribution in [0.25, 0.3) is 0 Å². The maximum atomic E-state index is 11.6. The first-order valence-electron chi connectivity index (χ1n) is 9.91. The molecule has 1 amide bonds. The van der Waals surface area contributed by atoms with Crippen molar-refractivity contribution in [1.29, 1.82) is 0 Å². The van der Waals surface area contributed by atoms with Crippen molar-refractivity contribution < 1.29 is 4.79 Å². The molecule has 0 aliphatic rings. The molecule has 1 unspecified atom stereocenters. The molecule has 5 heteroatoms. The van der Waals surface area contributed by atoms with Gasteiger partial charge in [0.15, 0.2) is 5.96 Å². The Kier molecular flexibility index (Phi) is 9.05. The topological polar surface area (TPSA) is 65.5 Å². The Balaban J connectivity index is 1.89. The Morgan fingerprint density at radius 3 is 2.11 bits per heavy atom. The Hall–Kier alpha value is -2.82. The van der Waals surface area contributed by atoms with Crippen LogP contribution < -0.4 is 16.0 Å². The van der Waals surface area contributed by atoms with Gasteiger partial charge < -0.3 is 16.0 Å². The lowest BCUT2D eigenvalue weighted by molar-refractivity contribution is -0.123. The van der Waals surface area contributed by atoms with Gasteiger partial charge in [0.25, 0.3) is 0 Å². The number of nitrogens with zero attached hydrogens (tertiary/aromatic N) is 1. The van der Waals surface area contributed by atoms with E-state index in [1.807, 2.05) is 26.0 Å². The van der Waals surface area contributed by atoms with Gasteiger partial charge in [-0.1, -0.05) is 74.5 Å². The van der Waals surface area contributed by atoms with Crippen molar-refractivity contribution in [1.82, 2.24) is 16.0 Å². The first kappa shape index (κ1) is 21.5. The Bertz CT molecular complexity index is 729. The molecule has 0 saturated carbocycles. The van der Waals surface area contributed by atoms with E-state index < -0.39 is 0 Å². The van der Waals surface area contributed by atoms with Gasteiger partial charge in [0.2, 0.25) is 5.91 Å². The molecule has 0 spiro atoms. The minimum absolute atomic E-state index is 0.00190. The van der Waals surface area contributed by atoms with Crippen LogP contribution in [0.2, 0.25) is 0 Å². The van der Waals surface area contributed by atoms with Gasteiger partial charge in [-0.05, 0) is 17.5 Å². The summed E-state index contributed by atoms with van der Waals surface area (Å²) in [4.78, 5) is 15.9. The maximum absolute atomic E-state index is 11.6. The van der Waals surface area contributed by atoms with E-state index in [1.165, 1.54) is 11.1 Å². The standard InChI is InChI=1S/C23H32N4O/c1-18(2)22(28)25-14-15-26-23(24-3)27-17-21(20-12-8-5-9-13-20)16-19-10-6-4-7-11-19/h4-13,18,21H,14-17H2,1-3H3,(H,25,28)(H2,24,26,27). The molecule has 150 valence electrons. The van der Waals surface area contributed by atoms with Crippen molar-refractivity contribution in [3.05, 3.63) is 71.8 Å². The van der Waals surface area contributed by atoms with Gasteiger partial charge in [-0.15, -0.1) is 0 Å². The van der Waals surface area contributed by atoms with Crippen molar-refractivity contribution in [2.24, 2.45) is 10.9 Å². The fraction of sp³-hybridized carbons (Fsp3) is 0.391. The molecule has 0 bridgehead atoms. The summed E-state index contributed by atoms with van der Waals surface area (Å²) in [5, 5.41) is 9.58. The summed E-state index contributed by atoms with van der Waals surface area (Å²) in [6.07, 6.45) is 0.958. The number of hydrogen-bond donors (Lipinski definition) is 3. The van der Waals surface area contributed by atoms with Gasteiger partial charge in [0.1, 0.15) is 0 Å². The largest absolute Gasteiger partial charge is 0.356 e. The molecule has 3 N–H and O–H groups in total. The van der Waals surface area contributed by atoms with E-state index in [2.05, 4.69) is 69.5 Å². The maximum Gasteiger partial charge on any atom is 0.222 e. The van der Waals surface area contributed by atoms with Gasteiger partial charge in [-0.25, -0.2) is 0 Å². The fourth-order valence-corrected chi connectivity index (χ4v) is 2.94. The fourth-order valence-electron chi connectivity index (χ4n) is 2.94. The van der Waals surface area contributed by atoms with Crippen molar-refractivity contribution in [3.63, 3.8) is 0 Å². The number of aliphatic imine (C=N–C) groups is 1. The van der Waals surface area contributed by atoms with Crippen molar-refractivity contribution in [3.8, 4) is 0 Å². The molecule has 1 atom stereocenters. The molecular weight excluding hydrogens is 348 g/mol. The van der Waals surface area contributed by atoms with Gasteiger partial charge in [0, 0.05) is 38.5 Å². The second-order valence-electron chi connectivity index (χ2n) is 7.12. The summed E-state index contributed by atoms with van der Waals surface area (Å²) in [6.45, 7) is 5.76. The van der Waals surface area contributed by atoms with Gasteiger partial charge in [-0.3, -0.25) is 9.79 Å². The SMILES string of the molecule is CN=C(NCCNC(=O)C(C)C)NCC(Cc1ccccc1)c1ccccc1. The molecule has 0 aliphatic heterocycles. The third-order valence-corrected chi connectivity index (χ3v) is 4.58. The Labute approximate surface area is 168 Å². The normalized spacial score (nSPS) is 12.5. The number of guanidine groups is 1. The number of amides is 1. The first-order valence-corrected chi connectivity index (χ1v) is 9.91. The highest BCUT2D eigenvalue weighted by Crippen LogP contribution is 2.20. The quantitative estimate of drug-likeness (QED) is 0.356. The van der Waals surface area contributed by atoms with Crippen LogP contribution in [0, 0.1) is 5.92 Å². The highest BCUT2D eigenvalue weighted by molar-refractivity contribution is 5.80. The summed E-state index contributed by atoms with van der Waals surface area (Å²) in [6, 6.07) is 21.1. The van der Waals surface area contributed by atoms with Crippen molar-refractivity contribution in [2.45, 2.75) is 26.2 Å². The molecular formula is C23H32N4O. The lowest BCUT2D eigenvalue weighted by Gasteiger charge is -2.20. The van der Waals surface area contributed by atoms with Gasteiger partial charge in [-0.2, -0.15) is 0 Å². The zero-order chi connectivity index (χ0) is 20.2. The predicted molar refractivity (Wildman–Crippen MR) is 117 cm³/mol. The average molecular weight is 381 g/mol. The Morgan fingerprint density at radius 1 is 0.893 bits per heavy atom. The molecule has 2 aromatic rings. The molecule has 0 saturated heterocycles. The zero-order valence-electron chi connectivity index (χ0n) is 17.1. The number of nitrogens with one attached hydrogen (secondary N) is 3. The van der Waals surface area contributed by atoms with Crippen LogP contribution in [-0.4, -0.2) is 38.5 Å². The van der Waals surface area contributed by atoms with E-state index >= 15 is 0 Å². The van der Waals surface area contributed by atoms with E-state index in [-0.39, 0.29) is 11.8 Å². The highest BCUT2D eigenvalue weighted by Gasteiger charge is 2.13. The van der Waals surface area contributed by atoms with Gasteiger partial charge >= 0.3 is 0 Å². The molecule has 5 nitrogen and oxygen atoms in total. The Morgan fingerprint density at radius 2 is 1.50 bits per heavy atom. The van der Waals surface area contributed by atoms with Crippen molar-refractivity contribution >= 4 is 11.9 Å². The number of rotatable bonds is 9. The molecule has 0 fully saturated rings. The molecule has 28 heavy (non-hydrogen) atoms. The smallest absolute Gasteiger partial charge is 0.222 e. The van der Waals surface area contributed by atoms with Crippen LogP contribution in [0.5, 0.6) is 0 Å². The predicted octanol–water partition coefficient (Wildman–Crippen LogP) is 2.95. The third kappa shape index (κ3) is 7.43. The summed E-state index contributed by atoms with van der Waals surface area (Å²) >= 11 is 0. The second kappa shape index (κ2) is 11.8. The van der Waals surface area contributed by atoms with Crippen LogP contribution in [0.15, 0.2) is 65.7 Å². The lowest BCUT2D eigenvalue weighted by Crippen LogP contribution is -2.43. The van der Waals surface area contributed by atoms with Crippen LogP contribution in [0.3, 0.4) is 0 Å². The minimum atomic E-state index is 0.00190. The number of carbonyl (C=O) groups excluding carboxylic acids is 1.